The summed E-state index contributed by atoms with van der Waals surface area (Å²) in [6.45, 7) is 5.90. The molecule has 0 unspecified atom stereocenters. The van der Waals surface area contributed by atoms with Crippen LogP contribution in [0.15, 0.2) is 23.1 Å². The maximum absolute atomic E-state index is 11.8. The zero-order valence-electron chi connectivity index (χ0n) is 12.6. The number of nitrogens with one attached hydrogen (secondary N) is 1. The van der Waals surface area contributed by atoms with Crippen LogP contribution in [0.5, 0.6) is 0 Å². The Morgan fingerprint density at radius 3 is 2.57 bits per heavy atom. The highest BCUT2D eigenvalue weighted by Crippen LogP contribution is 2.20. The van der Waals surface area contributed by atoms with Gasteiger partial charge in [-0.1, -0.05) is 6.07 Å². The molecule has 2 amide bonds. The van der Waals surface area contributed by atoms with Gasteiger partial charge in [-0.25, -0.2) is 0 Å². The molecule has 1 aromatic carbocycles. The quantitative estimate of drug-likeness (QED) is 0.848. The van der Waals surface area contributed by atoms with Crippen LogP contribution in [0.4, 0.5) is 0 Å². The van der Waals surface area contributed by atoms with Crippen LogP contribution in [0, 0.1) is 13.8 Å². The third-order valence-corrected chi connectivity index (χ3v) is 4.74. The summed E-state index contributed by atoms with van der Waals surface area (Å²) in [5.41, 5.74) is 2.48. The minimum atomic E-state index is -0.0919. The Kier molecular flexibility index (Phi) is 5.67. The standard InChI is InChI=1S/C16H22N2O2S/c1-12-5-6-14(9-13(12)2)21-11-15(19)17-10-16(20)18-7-3-4-8-18/h5-6,9H,3-4,7-8,10-11H2,1-2H3,(H,17,19). The van der Waals surface area contributed by atoms with Crippen LogP contribution in [-0.2, 0) is 9.59 Å². The SMILES string of the molecule is Cc1ccc(SCC(=O)NCC(=O)N2CCCC2)cc1C. The minimum Gasteiger partial charge on any atom is -0.346 e. The summed E-state index contributed by atoms with van der Waals surface area (Å²) in [4.78, 5) is 26.5. The monoisotopic (exact) mass is 306 g/mol. The van der Waals surface area contributed by atoms with Crippen LogP contribution in [0.1, 0.15) is 24.0 Å². The molecule has 2 rings (SSSR count). The largest absolute Gasteiger partial charge is 0.346 e. The van der Waals surface area contributed by atoms with Gasteiger partial charge < -0.3 is 10.2 Å². The molecule has 0 aliphatic carbocycles. The van der Waals surface area contributed by atoms with Gasteiger partial charge in [0.25, 0.3) is 0 Å². The zero-order chi connectivity index (χ0) is 15.2. The number of aryl methyl sites for hydroxylation is 2. The molecule has 0 atom stereocenters. The predicted molar refractivity (Wildman–Crippen MR) is 85.5 cm³/mol. The first-order valence-corrected chi connectivity index (χ1v) is 8.29. The van der Waals surface area contributed by atoms with E-state index < -0.39 is 0 Å². The second-order valence-corrected chi connectivity index (χ2v) is 6.45. The molecular formula is C16H22N2O2S. The molecule has 21 heavy (non-hydrogen) atoms. The fraction of sp³-hybridized carbons (Fsp3) is 0.500. The molecule has 0 radical (unpaired) electrons. The van der Waals surface area contributed by atoms with E-state index in [0.29, 0.717) is 5.75 Å². The number of hydrogen-bond donors (Lipinski definition) is 1. The van der Waals surface area contributed by atoms with Crippen LogP contribution < -0.4 is 5.32 Å². The lowest BCUT2D eigenvalue weighted by atomic mass is 10.1. The fourth-order valence-corrected chi connectivity index (χ4v) is 3.08. The molecule has 1 saturated heterocycles. The van der Waals surface area contributed by atoms with Crippen LogP contribution in [0.3, 0.4) is 0 Å². The molecule has 0 spiro atoms. The molecule has 1 heterocycles. The van der Waals surface area contributed by atoms with Crippen molar-refractivity contribution in [2.45, 2.75) is 31.6 Å². The third kappa shape index (κ3) is 4.77. The fourth-order valence-electron chi connectivity index (χ4n) is 2.26. The lowest BCUT2D eigenvalue weighted by Gasteiger charge is -2.15. The number of thioether (sulfide) groups is 1. The molecule has 1 fully saturated rings. The second-order valence-electron chi connectivity index (χ2n) is 5.40. The number of amides is 2. The number of benzene rings is 1. The molecule has 1 N–H and O–H groups in total. The zero-order valence-corrected chi connectivity index (χ0v) is 13.5. The first-order valence-electron chi connectivity index (χ1n) is 7.31. The Morgan fingerprint density at radius 1 is 1.19 bits per heavy atom. The molecule has 114 valence electrons. The summed E-state index contributed by atoms with van der Waals surface area (Å²) in [5.74, 6) is 0.276. The van der Waals surface area contributed by atoms with Gasteiger partial charge in [0.2, 0.25) is 11.8 Å². The molecule has 4 nitrogen and oxygen atoms in total. The molecule has 0 aromatic heterocycles. The maximum Gasteiger partial charge on any atom is 0.241 e. The van der Waals surface area contributed by atoms with E-state index in [1.54, 1.807) is 0 Å². The Labute approximate surface area is 130 Å². The van der Waals surface area contributed by atoms with Crippen LogP contribution in [0.25, 0.3) is 0 Å². The van der Waals surface area contributed by atoms with Crippen LogP contribution in [-0.4, -0.2) is 42.1 Å². The maximum atomic E-state index is 11.8. The van der Waals surface area contributed by atoms with Gasteiger partial charge in [-0.3, -0.25) is 9.59 Å². The number of carbonyl (C=O) groups is 2. The van der Waals surface area contributed by atoms with Crippen molar-refractivity contribution in [3.05, 3.63) is 29.3 Å². The van der Waals surface area contributed by atoms with Crippen molar-refractivity contribution in [1.29, 1.82) is 0 Å². The summed E-state index contributed by atoms with van der Waals surface area (Å²) in [6, 6.07) is 6.17. The van der Waals surface area contributed by atoms with Gasteiger partial charge in [0.05, 0.1) is 12.3 Å². The molecule has 1 aliphatic heterocycles. The van der Waals surface area contributed by atoms with E-state index >= 15 is 0 Å². The molecular weight excluding hydrogens is 284 g/mol. The second kappa shape index (κ2) is 7.50. The smallest absolute Gasteiger partial charge is 0.241 e. The van der Waals surface area contributed by atoms with Gasteiger partial charge in [0.1, 0.15) is 0 Å². The number of rotatable bonds is 5. The van der Waals surface area contributed by atoms with E-state index in [4.69, 9.17) is 0 Å². The summed E-state index contributed by atoms with van der Waals surface area (Å²) < 4.78 is 0. The summed E-state index contributed by atoms with van der Waals surface area (Å²) >= 11 is 1.50. The van der Waals surface area contributed by atoms with Crippen molar-refractivity contribution in [3.63, 3.8) is 0 Å². The topological polar surface area (TPSA) is 49.4 Å². The van der Waals surface area contributed by atoms with Crippen molar-refractivity contribution in [1.82, 2.24) is 10.2 Å². The highest BCUT2D eigenvalue weighted by Gasteiger charge is 2.18. The Hall–Kier alpha value is -1.49. The Bertz CT molecular complexity index is 525. The average molecular weight is 306 g/mol. The van der Waals surface area contributed by atoms with Crippen molar-refractivity contribution in [2.24, 2.45) is 0 Å². The van der Waals surface area contributed by atoms with Gasteiger partial charge in [0.15, 0.2) is 0 Å². The van der Waals surface area contributed by atoms with Gasteiger partial charge in [-0.2, -0.15) is 0 Å². The minimum absolute atomic E-state index is 0.0250. The first kappa shape index (κ1) is 15.9. The van der Waals surface area contributed by atoms with E-state index in [-0.39, 0.29) is 18.4 Å². The molecule has 5 heteroatoms. The summed E-state index contributed by atoms with van der Waals surface area (Å²) in [6.07, 6.45) is 2.14. The van der Waals surface area contributed by atoms with E-state index in [2.05, 4.69) is 31.3 Å². The Balaban J connectivity index is 1.71. The highest BCUT2D eigenvalue weighted by atomic mass is 32.2. The van der Waals surface area contributed by atoms with E-state index in [1.807, 2.05) is 11.0 Å². The molecule has 0 bridgehead atoms. The average Bonchev–Trinajstić information content (AvgIpc) is 3.00. The normalized spacial score (nSPS) is 14.3. The van der Waals surface area contributed by atoms with Gasteiger partial charge in [-0.15, -0.1) is 11.8 Å². The van der Waals surface area contributed by atoms with Crippen LogP contribution in [0.2, 0.25) is 0 Å². The number of hydrogen-bond acceptors (Lipinski definition) is 3. The van der Waals surface area contributed by atoms with E-state index in [0.717, 1.165) is 30.8 Å². The number of carbonyl (C=O) groups excluding carboxylic acids is 2. The summed E-state index contributed by atoms with van der Waals surface area (Å²) in [7, 11) is 0. The lowest BCUT2D eigenvalue weighted by Crippen LogP contribution is -2.39. The molecule has 1 aromatic rings. The number of likely N-dealkylation sites (tertiary alicyclic amines) is 1. The van der Waals surface area contributed by atoms with E-state index in [1.165, 1.54) is 22.9 Å². The van der Waals surface area contributed by atoms with Crippen molar-refractivity contribution in [2.75, 3.05) is 25.4 Å². The highest BCUT2D eigenvalue weighted by molar-refractivity contribution is 8.00. The van der Waals surface area contributed by atoms with Gasteiger partial charge >= 0.3 is 0 Å². The van der Waals surface area contributed by atoms with E-state index in [9.17, 15) is 9.59 Å². The van der Waals surface area contributed by atoms with Gasteiger partial charge in [0, 0.05) is 18.0 Å². The molecule has 1 aliphatic rings. The van der Waals surface area contributed by atoms with Crippen molar-refractivity contribution in [3.8, 4) is 0 Å². The third-order valence-electron chi connectivity index (χ3n) is 3.74. The van der Waals surface area contributed by atoms with Crippen molar-refractivity contribution < 1.29 is 9.59 Å². The van der Waals surface area contributed by atoms with Gasteiger partial charge in [-0.05, 0) is 49.9 Å². The summed E-state index contributed by atoms with van der Waals surface area (Å²) in [5, 5.41) is 2.70. The molecule has 0 saturated carbocycles. The van der Waals surface area contributed by atoms with Crippen molar-refractivity contribution >= 4 is 23.6 Å². The lowest BCUT2D eigenvalue weighted by molar-refractivity contribution is -0.131. The first-order chi connectivity index (χ1) is 10.1. The predicted octanol–water partition coefficient (Wildman–Crippen LogP) is 2.13. The Morgan fingerprint density at radius 2 is 1.90 bits per heavy atom. The van der Waals surface area contributed by atoms with Crippen LogP contribution >= 0.6 is 11.8 Å². The number of nitrogens with zero attached hydrogens (tertiary/aromatic N) is 1.